The second kappa shape index (κ2) is 12.9. The molecule has 0 saturated heterocycles. The van der Waals surface area contributed by atoms with E-state index in [9.17, 15) is 19.2 Å². The van der Waals surface area contributed by atoms with Gasteiger partial charge in [0.05, 0.1) is 32.1 Å². The Balaban J connectivity index is 1.61. The highest BCUT2D eigenvalue weighted by atomic mass is 16.5. The summed E-state index contributed by atoms with van der Waals surface area (Å²) in [5.74, 6) is -2.75. The van der Waals surface area contributed by atoms with Crippen molar-refractivity contribution >= 4 is 40.9 Å². The van der Waals surface area contributed by atoms with Crippen molar-refractivity contribution in [1.29, 1.82) is 0 Å². The number of anilines is 3. The number of aliphatic carboxylic acids is 2. The molecule has 38 heavy (non-hydrogen) atoms. The van der Waals surface area contributed by atoms with Gasteiger partial charge in [-0.05, 0) is 53.9 Å². The fraction of sp³-hybridized carbons (Fsp3) is 0.214. The summed E-state index contributed by atoms with van der Waals surface area (Å²) < 4.78 is 5.39. The van der Waals surface area contributed by atoms with Crippen LogP contribution in [-0.2, 0) is 20.8 Å². The number of carbonyl (C=O) groups is 4. The van der Waals surface area contributed by atoms with Gasteiger partial charge >= 0.3 is 18.0 Å². The molecular formula is C28H29N3O7. The van der Waals surface area contributed by atoms with Crippen molar-refractivity contribution < 1.29 is 34.1 Å². The van der Waals surface area contributed by atoms with Crippen molar-refractivity contribution in [2.24, 2.45) is 0 Å². The lowest BCUT2D eigenvalue weighted by Crippen LogP contribution is -2.20. The second-order valence-corrected chi connectivity index (χ2v) is 8.67. The van der Waals surface area contributed by atoms with E-state index in [1.807, 2.05) is 25.1 Å². The average Bonchev–Trinajstić information content (AvgIpc) is 2.86. The normalized spacial score (nSPS) is 10.5. The predicted molar refractivity (Wildman–Crippen MR) is 143 cm³/mol. The van der Waals surface area contributed by atoms with E-state index in [2.05, 4.69) is 16.0 Å². The number of rotatable bonds is 11. The second-order valence-electron chi connectivity index (χ2n) is 8.67. The van der Waals surface area contributed by atoms with Crippen molar-refractivity contribution in [2.45, 2.75) is 32.1 Å². The Hall–Kier alpha value is -4.86. The smallest absolute Gasteiger partial charge is 0.323 e. The molecule has 0 fully saturated rings. The van der Waals surface area contributed by atoms with Gasteiger partial charge in [-0.25, -0.2) is 4.79 Å². The number of amides is 3. The standard InChI is InChI=1S/C28H29N3O7/c1-17-5-3-4-6-22(17)30-28(37)31-23-12-7-18(13-24(23)38-2)14-25(32)29-21-10-8-19(9-11-21)20(15-26(33)34)16-27(35)36/h3-13,20H,14-16H2,1-2H3,(H,29,32)(H,33,34)(H,35,36)(H2,30,31,37). The third kappa shape index (κ3) is 8.09. The van der Waals surface area contributed by atoms with E-state index in [1.54, 1.807) is 48.5 Å². The largest absolute Gasteiger partial charge is 0.495 e. The Labute approximate surface area is 219 Å². The van der Waals surface area contributed by atoms with Gasteiger partial charge in [-0.1, -0.05) is 36.4 Å². The minimum Gasteiger partial charge on any atom is -0.495 e. The Kier molecular flexibility index (Phi) is 9.42. The maximum Gasteiger partial charge on any atom is 0.323 e. The first-order valence-electron chi connectivity index (χ1n) is 11.8. The van der Waals surface area contributed by atoms with Crippen molar-refractivity contribution in [3.05, 3.63) is 83.4 Å². The Morgan fingerprint density at radius 2 is 1.45 bits per heavy atom. The molecular weight excluding hydrogens is 490 g/mol. The van der Waals surface area contributed by atoms with Crippen LogP contribution in [0.1, 0.15) is 35.4 Å². The van der Waals surface area contributed by atoms with Crippen LogP contribution in [0.25, 0.3) is 0 Å². The minimum atomic E-state index is -1.09. The summed E-state index contributed by atoms with van der Waals surface area (Å²) in [6, 6.07) is 18.4. The Morgan fingerprint density at radius 3 is 2.05 bits per heavy atom. The quantitative estimate of drug-likeness (QED) is 0.242. The van der Waals surface area contributed by atoms with Gasteiger partial charge in [0.2, 0.25) is 5.91 Å². The summed E-state index contributed by atoms with van der Waals surface area (Å²) in [6.07, 6.45) is -0.578. The first kappa shape index (κ1) is 27.7. The molecule has 3 aromatic rings. The van der Waals surface area contributed by atoms with Gasteiger partial charge in [0.25, 0.3) is 0 Å². The third-order valence-corrected chi connectivity index (χ3v) is 5.78. The molecule has 0 aromatic heterocycles. The molecule has 0 aliphatic rings. The van der Waals surface area contributed by atoms with E-state index < -0.39 is 23.9 Å². The Bertz CT molecular complexity index is 1310. The molecule has 0 aliphatic heterocycles. The van der Waals surface area contributed by atoms with E-state index in [-0.39, 0.29) is 25.2 Å². The molecule has 10 nitrogen and oxygen atoms in total. The predicted octanol–water partition coefficient (Wildman–Crippen LogP) is 4.86. The SMILES string of the molecule is COc1cc(CC(=O)Nc2ccc(C(CC(=O)O)CC(=O)O)cc2)ccc1NC(=O)Nc1ccccc1C. The molecule has 0 bridgehead atoms. The molecule has 198 valence electrons. The summed E-state index contributed by atoms with van der Waals surface area (Å²) in [5, 5.41) is 26.4. The number of carboxylic acid groups (broad SMARTS) is 2. The van der Waals surface area contributed by atoms with Gasteiger partial charge < -0.3 is 30.9 Å². The zero-order chi connectivity index (χ0) is 27.7. The van der Waals surface area contributed by atoms with Gasteiger partial charge in [0, 0.05) is 17.3 Å². The first-order valence-corrected chi connectivity index (χ1v) is 11.8. The molecule has 5 N–H and O–H groups in total. The molecule has 0 radical (unpaired) electrons. The van der Waals surface area contributed by atoms with Crippen LogP contribution in [0.3, 0.4) is 0 Å². The number of urea groups is 1. The van der Waals surface area contributed by atoms with Crippen LogP contribution in [0, 0.1) is 6.92 Å². The summed E-state index contributed by atoms with van der Waals surface area (Å²) in [6.45, 7) is 1.89. The number of methoxy groups -OCH3 is 1. The van der Waals surface area contributed by atoms with E-state index in [1.165, 1.54) is 7.11 Å². The number of ether oxygens (including phenoxy) is 1. The van der Waals surface area contributed by atoms with Gasteiger partial charge in [-0.3, -0.25) is 14.4 Å². The van der Waals surface area contributed by atoms with E-state index in [0.717, 1.165) is 5.56 Å². The number of hydrogen-bond acceptors (Lipinski definition) is 5. The van der Waals surface area contributed by atoms with Gasteiger partial charge in [0.1, 0.15) is 5.75 Å². The summed E-state index contributed by atoms with van der Waals surface area (Å²) >= 11 is 0. The zero-order valence-corrected chi connectivity index (χ0v) is 21.0. The molecule has 0 spiro atoms. The molecule has 0 unspecified atom stereocenters. The van der Waals surface area contributed by atoms with Crippen LogP contribution in [0.5, 0.6) is 5.75 Å². The number of carboxylic acids is 2. The van der Waals surface area contributed by atoms with E-state index in [0.29, 0.717) is 33.9 Å². The number of para-hydroxylation sites is 1. The van der Waals surface area contributed by atoms with Crippen LogP contribution in [0.15, 0.2) is 66.7 Å². The number of aryl methyl sites for hydroxylation is 1. The van der Waals surface area contributed by atoms with Crippen LogP contribution < -0.4 is 20.7 Å². The highest BCUT2D eigenvalue weighted by Gasteiger charge is 2.19. The molecule has 0 atom stereocenters. The lowest BCUT2D eigenvalue weighted by molar-refractivity contribution is -0.139. The number of nitrogens with one attached hydrogen (secondary N) is 3. The molecule has 0 aliphatic carbocycles. The van der Waals surface area contributed by atoms with Gasteiger partial charge in [0.15, 0.2) is 0 Å². The molecule has 3 aromatic carbocycles. The van der Waals surface area contributed by atoms with Crippen LogP contribution in [0.4, 0.5) is 21.9 Å². The van der Waals surface area contributed by atoms with Crippen molar-refractivity contribution in [1.82, 2.24) is 0 Å². The Morgan fingerprint density at radius 1 is 0.816 bits per heavy atom. The van der Waals surface area contributed by atoms with Crippen molar-refractivity contribution in [2.75, 3.05) is 23.1 Å². The monoisotopic (exact) mass is 519 g/mol. The molecule has 3 rings (SSSR count). The minimum absolute atomic E-state index is 0.0362. The van der Waals surface area contributed by atoms with Gasteiger partial charge in [-0.15, -0.1) is 0 Å². The summed E-state index contributed by atoms with van der Waals surface area (Å²) in [7, 11) is 1.47. The maximum atomic E-state index is 12.6. The number of benzene rings is 3. The molecule has 0 saturated carbocycles. The number of hydrogen-bond donors (Lipinski definition) is 5. The topological polar surface area (TPSA) is 154 Å². The lowest BCUT2D eigenvalue weighted by atomic mass is 9.92. The zero-order valence-electron chi connectivity index (χ0n) is 21.0. The fourth-order valence-electron chi connectivity index (χ4n) is 3.90. The third-order valence-electron chi connectivity index (χ3n) is 5.78. The summed E-state index contributed by atoms with van der Waals surface area (Å²) in [4.78, 5) is 47.2. The fourth-order valence-corrected chi connectivity index (χ4v) is 3.90. The molecule has 0 heterocycles. The van der Waals surface area contributed by atoms with Crippen LogP contribution in [-0.4, -0.2) is 41.2 Å². The average molecular weight is 520 g/mol. The number of carbonyl (C=O) groups excluding carboxylic acids is 2. The van der Waals surface area contributed by atoms with Crippen molar-refractivity contribution in [3.63, 3.8) is 0 Å². The lowest BCUT2D eigenvalue weighted by Gasteiger charge is -2.14. The first-order chi connectivity index (χ1) is 18.1. The van der Waals surface area contributed by atoms with E-state index in [4.69, 9.17) is 14.9 Å². The molecule has 10 heteroatoms. The molecule has 3 amide bonds. The van der Waals surface area contributed by atoms with Gasteiger partial charge in [-0.2, -0.15) is 0 Å². The summed E-state index contributed by atoms with van der Waals surface area (Å²) in [5.41, 5.74) is 3.75. The highest BCUT2D eigenvalue weighted by Crippen LogP contribution is 2.27. The van der Waals surface area contributed by atoms with E-state index >= 15 is 0 Å². The maximum absolute atomic E-state index is 12.6. The van der Waals surface area contributed by atoms with Crippen LogP contribution in [0.2, 0.25) is 0 Å². The van der Waals surface area contributed by atoms with Crippen LogP contribution >= 0.6 is 0 Å². The van der Waals surface area contributed by atoms with Crippen molar-refractivity contribution in [3.8, 4) is 5.75 Å². The highest BCUT2D eigenvalue weighted by molar-refractivity contribution is 6.01.